The molecule has 0 unspecified atom stereocenters. The lowest BCUT2D eigenvalue weighted by Gasteiger charge is -2.03. The second-order valence-corrected chi connectivity index (χ2v) is 3.92. The number of furan rings is 1. The first-order chi connectivity index (χ1) is 9.22. The second-order valence-electron chi connectivity index (χ2n) is 3.92. The number of nitrogens with zero attached hydrogens (tertiary/aromatic N) is 2. The molecule has 0 atom stereocenters. The maximum absolute atomic E-state index is 8.64. The van der Waals surface area contributed by atoms with E-state index in [-0.39, 0.29) is 5.57 Å². The van der Waals surface area contributed by atoms with Gasteiger partial charge in [-0.3, -0.25) is 0 Å². The molecule has 0 fully saturated rings. The molecule has 0 aliphatic rings. The molecule has 19 heavy (non-hydrogen) atoms. The van der Waals surface area contributed by atoms with Gasteiger partial charge in [-0.05, 0) is 31.2 Å². The van der Waals surface area contributed by atoms with Crippen LogP contribution in [0, 0.1) is 29.6 Å². The predicted molar refractivity (Wildman–Crippen MR) is 71.8 cm³/mol. The van der Waals surface area contributed by atoms with Crippen LogP contribution in [0.5, 0.6) is 0 Å². The fourth-order valence-electron chi connectivity index (χ4n) is 1.60. The first kappa shape index (κ1) is 12.5. The van der Waals surface area contributed by atoms with E-state index in [2.05, 4.69) is 5.32 Å². The highest BCUT2D eigenvalue weighted by Gasteiger charge is 2.03. The number of aryl methyl sites for hydroxylation is 1. The van der Waals surface area contributed by atoms with Gasteiger partial charge in [-0.25, -0.2) is 0 Å². The van der Waals surface area contributed by atoms with Crippen molar-refractivity contribution in [1.82, 2.24) is 0 Å². The third-order valence-corrected chi connectivity index (χ3v) is 2.51. The molecule has 0 saturated carbocycles. The van der Waals surface area contributed by atoms with E-state index in [1.165, 1.54) is 6.20 Å². The molecular formula is C15H11N3O. The number of hydrogen-bond donors (Lipinski definition) is 1. The van der Waals surface area contributed by atoms with E-state index in [9.17, 15) is 0 Å². The maximum atomic E-state index is 8.64. The number of benzene rings is 1. The van der Waals surface area contributed by atoms with E-state index in [0.29, 0.717) is 0 Å². The Morgan fingerprint density at radius 2 is 2.00 bits per heavy atom. The number of nitrogens with one attached hydrogen (secondary N) is 1. The zero-order valence-corrected chi connectivity index (χ0v) is 10.3. The molecule has 0 amide bonds. The van der Waals surface area contributed by atoms with Gasteiger partial charge in [0.25, 0.3) is 0 Å². The predicted octanol–water partition coefficient (Wildman–Crippen LogP) is 3.60. The number of allylic oxidation sites excluding steroid dienone is 1. The Morgan fingerprint density at radius 1 is 1.21 bits per heavy atom. The molecule has 0 saturated heterocycles. The van der Waals surface area contributed by atoms with Crippen molar-refractivity contribution < 1.29 is 4.42 Å². The fraction of sp³-hybridized carbons (Fsp3) is 0.0667. The number of rotatable bonds is 3. The van der Waals surface area contributed by atoms with Crippen LogP contribution in [0.15, 0.2) is 52.6 Å². The van der Waals surface area contributed by atoms with E-state index in [4.69, 9.17) is 14.9 Å². The van der Waals surface area contributed by atoms with Gasteiger partial charge in [0, 0.05) is 17.5 Å². The molecule has 0 bridgehead atoms. The summed E-state index contributed by atoms with van der Waals surface area (Å²) < 4.78 is 5.54. The van der Waals surface area contributed by atoms with E-state index in [0.717, 1.165) is 22.8 Å². The number of hydrogen-bond acceptors (Lipinski definition) is 4. The van der Waals surface area contributed by atoms with Crippen LogP contribution in [0.4, 0.5) is 5.69 Å². The van der Waals surface area contributed by atoms with Crippen LogP contribution < -0.4 is 5.32 Å². The third-order valence-electron chi connectivity index (χ3n) is 2.51. The van der Waals surface area contributed by atoms with E-state index >= 15 is 0 Å². The van der Waals surface area contributed by atoms with Crippen LogP contribution in [0.1, 0.15) is 5.76 Å². The largest absolute Gasteiger partial charge is 0.461 e. The smallest absolute Gasteiger partial charge is 0.145 e. The summed E-state index contributed by atoms with van der Waals surface area (Å²) in [6.07, 6.45) is 1.38. The normalized spacial score (nSPS) is 9.21. The van der Waals surface area contributed by atoms with Crippen LogP contribution in [-0.4, -0.2) is 0 Å². The van der Waals surface area contributed by atoms with Crippen LogP contribution in [-0.2, 0) is 0 Å². The molecule has 2 aromatic rings. The lowest BCUT2D eigenvalue weighted by atomic mass is 10.1. The third kappa shape index (κ3) is 3.02. The molecule has 1 heterocycles. The lowest BCUT2D eigenvalue weighted by molar-refractivity contribution is 0.548. The average Bonchev–Trinajstić information content (AvgIpc) is 2.87. The van der Waals surface area contributed by atoms with Gasteiger partial charge in [0.15, 0.2) is 0 Å². The van der Waals surface area contributed by atoms with Gasteiger partial charge in [-0.15, -0.1) is 0 Å². The molecule has 0 spiro atoms. The van der Waals surface area contributed by atoms with Crippen LogP contribution in [0.3, 0.4) is 0 Å². The van der Waals surface area contributed by atoms with Crippen molar-refractivity contribution in [1.29, 1.82) is 10.5 Å². The minimum Gasteiger partial charge on any atom is -0.461 e. The summed E-state index contributed by atoms with van der Waals surface area (Å²) in [7, 11) is 0. The summed E-state index contributed by atoms with van der Waals surface area (Å²) in [5.74, 6) is 1.63. The molecular weight excluding hydrogens is 238 g/mol. The fourth-order valence-corrected chi connectivity index (χ4v) is 1.60. The number of nitriles is 2. The van der Waals surface area contributed by atoms with E-state index < -0.39 is 0 Å². The van der Waals surface area contributed by atoms with Gasteiger partial charge >= 0.3 is 0 Å². The van der Waals surface area contributed by atoms with Crippen molar-refractivity contribution in [3.05, 3.63) is 53.9 Å². The van der Waals surface area contributed by atoms with Gasteiger partial charge in [0.2, 0.25) is 0 Å². The van der Waals surface area contributed by atoms with Crippen molar-refractivity contribution in [3.8, 4) is 23.5 Å². The Bertz CT molecular complexity index is 683. The van der Waals surface area contributed by atoms with Crippen molar-refractivity contribution >= 4 is 5.69 Å². The SMILES string of the molecule is Cc1ccc(-c2cccc(NC=C(C#N)C#N)c2)o1. The second kappa shape index (κ2) is 5.57. The van der Waals surface area contributed by atoms with Crippen LogP contribution >= 0.6 is 0 Å². The standard InChI is InChI=1S/C15H11N3O/c1-11-5-6-15(19-11)13-3-2-4-14(7-13)18-10-12(8-16)9-17/h2-7,10,18H,1H3. The minimum absolute atomic E-state index is 0.0271. The molecule has 0 aliphatic heterocycles. The molecule has 4 heteroatoms. The van der Waals surface area contributed by atoms with Crippen molar-refractivity contribution in [2.24, 2.45) is 0 Å². The van der Waals surface area contributed by atoms with Crippen LogP contribution in [0.25, 0.3) is 11.3 Å². The monoisotopic (exact) mass is 249 g/mol. The summed E-state index contributed by atoms with van der Waals surface area (Å²) >= 11 is 0. The van der Waals surface area contributed by atoms with E-state index in [1.54, 1.807) is 12.1 Å². The zero-order valence-electron chi connectivity index (χ0n) is 10.3. The van der Waals surface area contributed by atoms with Crippen LogP contribution in [0.2, 0.25) is 0 Å². The summed E-state index contributed by atoms with van der Waals surface area (Å²) in [6.45, 7) is 1.89. The van der Waals surface area contributed by atoms with Gasteiger partial charge in [0.05, 0.1) is 0 Å². The maximum Gasteiger partial charge on any atom is 0.145 e. The Kier molecular flexibility index (Phi) is 3.66. The average molecular weight is 249 g/mol. The highest BCUT2D eigenvalue weighted by molar-refractivity contribution is 5.65. The van der Waals surface area contributed by atoms with Gasteiger partial charge < -0.3 is 9.73 Å². The van der Waals surface area contributed by atoms with Gasteiger partial charge in [0.1, 0.15) is 29.2 Å². The molecule has 0 aliphatic carbocycles. The minimum atomic E-state index is 0.0271. The molecule has 92 valence electrons. The summed E-state index contributed by atoms with van der Waals surface area (Å²) in [4.78, 5) is 0. The summed E-state index contributed by atoms with van der Waals surface area (Å²) in [5, 5.41) is 20.2. The highest BCUT2D eigenvalue weighted by Crippen LogP contribution is 2.24. The molecule has 1 N–H and O–H groups in total. The zero-order chi connectivity index (χ0) is 13.7. The van der Waals surface area contributed by atoms with Gasteiger partial charge in [-0.2, -0.15) is 10.5 Å². The molecule has 1 aromatic heterocycles. The number of anilines is 1. The molecule has 0 radical (unpaired) electrons. The van der Waals surface area contributed by atoms with Crippen molar-refractivity contribution in [3.63, 3.8) is 0 Å². The van der Waals surface area contributed by atoms with Gasteiger partial charge in [-0.1, -0.05) is 12.1 Å². The Labute approximate surface area is 111 Å². The molecule has 2 rings (SSSR count). The summed E-state index contributed by atoms with van der Waals surface area (Å²) in [5.41, 5.74) is 1.75. The summed E-state index contributed by atoms with van der Waals surface area (Å²) in [6, 6.07) is 14.9. The molecule has 4 nitrogen and oxygen atoms in total. The highest BCUT2D eigenvalue weighted by atomic mass is 16.3. The Balaban J connectivity index is 2.24. The van der Waals surface area contributed by atoms with E-state index in [1.807, 2.05) is 43.3 Å². The molecule has 1 aromatic carbocycles. The first-order valence-corrected chi connectivity index (χ1v) is 5.66. The topological polar surface area (TPSA) is 72.8 Å². The lowest BCUT2D eigenvalue weighted by Crippen LogP contribution is -1.89. The quantitative estimate of drug-likeness (QED) is 0.843. The van der Waals surface area contributed by atoms with Crippen molar-refractivity contribution in [2.75, 3.05) is 5.32 Å². The Morgan fingerprint density at radius 3 is 2.63 bits per heavy atom. The van der Waals surface area contributed by atoms with Crippen molar-refractivity contribution in [2.45, 2.75) is 6.92 Å². The first-order valence-electron chi connectivity index (χ1n) is 5.66. The Hall–Kier alpha value is -2.98.